The molecule has 7 heteroatoms. The van der Waals surface area contributed by atoms with Crippen molar-refractivity contribution in [2.75, 3.05) is 0 Å². The molecule has 1 amide bonds. The van der Waals surface area contributed by atoms with E-state index in [9.17, 15) is 9.59 Å². The molecule has 0 spiro atoms. The standard InChI is InChI=1S/C21H17Cl2NO3S/c22-16-9-8-15(11-17(16)23)13-27-21(26)18(12-14-5-2-1-3-6-14)24-20(25)19-7-4-10-28-19/h1-11,18H,12-13H2,(H,24,25). The first kappa shape index (κ1) is 20.4. The van der Waals surface area contributed by atoms with Gasteiger partial charge in [0.25, 0.3) is 5.91 Å². The van der Waals surface area contributed by atoms with Gasteiger partial charge in [0.15, 0.2) is 0 Å². The number of carbonyl (C=O) groups is 2. The number of esters is 1. The molecule has 1 unspecified atom stereocenters. The number of ether oxygens (including phenoxy) is 1. The van der Waals surface area contributed by atoms with Gasteiger partial charge in [-0.2, -0.15) is 0 Å². The summed E-state index contributed by atoms with van der Waals surface area (Å²) in [6.45, 7) is 0.0376. The molecule has 0 saturated heterocycles. The molecule has 0 aliphatic carbocycles. The van der Waals surface area contributed by atoms with E-state index in [1.54, 1.807) is 30.3 Å². The van der Waals surface area contributed by atoms with Crippen molar-refractivity contribution in [2.24, 2.45) is 0 Å². The van der Waals surface area contributed by atoms with E-state index in [0.29, 0.717) is 26.9 Å². The summed E-state index contributed by atoms with van der Waals surface area (Å²) in [7, 11) is 0. The van der Waals surface area contributed by atoms with Crippen molar-refractivity contribution in [3.63, 3.8) is 0 Å². The summed E-state index contributed by atoms with van der Waals surface area (Å²) in [5, 5.41) is 5.41. The normalized spacial score (nSPS) is 11.6. The van der Waals surface area contributed by atoms with Crippen molar-refractivity contribution in [2.45, 2.75) is 19.1 Å². The van der Waals surface area contributed by atoms with Crippen molar-refractivity contribution >= 4 is 46.4 Å². The molecular weight excluding hydrogens is 417 g/mol. The largest absolute Gasteiger partial charge is 0.459 e. The van der Waals surface area contributed by atoms with E-state index in [-0.39, 0.29) is 12.5 Å². The summed E-state index contributed by atoms with van der Waals surface area (Å²) in [6.07, 6.45) is 0.332. The van der Waals surface area contributed by atoms with Gasteiger partial charge in [-0.3, -0.25) is 4.79 Å². The zero-order valence-electron chi connectivity index (χ0n) is 14.7. The molecule has 1 N–H and O–H groups in total. The van der Waals surface area contributed by atoms with Crippen LogP contribution in [0.4, 0.5) is 0 Å². The topological polar surface area (TPSA) is 55.4 Å². The summed E-state index contributed by atoms with van der Waals surface area (Å²) >= 11 is 13.2. The minimum atomic E-state index is -0.806. The van der Waals surface area contributed by atoms with E-state index in [1.807, 2.05) is 35.7 Å². The molecule has 0 radical (unpaired) electrons. The lowest BCUT2D eigenvalue weighted by Gasteiger charge is -2.18. The molecule has 3 rings (SSSR count). The minimum absolute atomic E-state index is 0.0376. The van der Waals surface area contributed by atoms with Crippen molar-refractivity contribution in [3.8, 4) is 0 Å². The maximum Gasteiger partial charge on any atom is 0.329 e. The number of thiophene rings is 1. The number of hydrogen-bond donors (Lipinski definition) is 1. The molecule has 28 heavy (non-hydrogen) atoms. The van der Waals surface area contributed by atoms with Crippen molar-refractivity contribution in [1.29, 1.82) is 0 Å². The first-order valence-corrected chi connectivity index (χ1v) is 10.2. The molecule has 0 aliphatic rings. The molecule has 2 aromatic carbocycles. The Morgan fingerprint density at radius 2 is 1.75 bits per heavy atom. The van der Waals surface area contributed by atoms with Crippen LogP contribution < -0.4 is 5.32 Å². The van der Waals surface area contributed by atoms with Gasteiger partial charge in [0, 0.05) is 6.42 Å². The third-order valence-corrected chi connectivity index (χ3v) is 5.59. The fraction of sp³-hybridized carbons (Fsp3) is 0.143. The highest BCUT2D eigenvalue weighted by atomic mass is 35.5. The highest BCUT2D eigenvalue weighted by Crippen LogP contribution is 2.23. The third kappa shape index (κ3) is 5.58. The summed E-state index contributed by atoms with van der Waals surface area (Å²) in [6, 6.07) is 17.2. The quantitative estimate of drug-likeness (QED) is 0.524. The second-order valence-corrected chi connectivity index (χ2v) is 7.81. The lowest BCUT2D eigenvalue weighted by atomic mass is 10.1. The van der Waals surface area contributed by atoms with Gasteiger partial charge in [-0.1, -0.05) is 65.7 Å². The first-order valence-electron chi connectivity index (χ1n) is 8.52. The van der Waals surface area contributed by atoms with Gasteiger partial charge in [0.1, 0.15) is 12.6 Å². The lowest BCUT2D eigenvalue weighted by Crippen LogP contribution is -2.43. The molecular formula is C21H17Cl2NO3S. The maximum atomic E-state index is 12.7. The number of carbonyl (C=O) groups excluding carboxylic acids is 2. The fourth-order valence-corrected chi connectivity index (χ4v) is 3.51. The molecule has 4 nitrogen and oxygen atoms in total. The van der Waals surface area contributed by atoms with Crippen molar-refractivity contribution in [1.82, 2.24) is 5.32 Å². The molecule has 0 fully saturated rings. The van der Waals surface area contributed by atoms with Gasteiger partial charge < -0.3 is 10.1 Å². The van der Waals surface area contributed by atoms with Crippen LogP contribution in [0.25, 0.3) is 0 Å². The third-order valence-electron chi connectivity index (χ3n) is 3.98. The molecule has 0 aliphatic heterocycles. The SMILES string of the molecule is O=C(NC(Cc1ccccc1)C(=O)OCc1ccc(Cl)c(Cl)c1)c1cccs1. The number of amides is 1. The lowest BCUT2D eigenvalue weighted by molar-refractivity contribution is -0.147. The number of benzene rings is 2. The van der Waals surface area contributed by atoms with Gasteiger partial charge in [-0.05, 0) is 34.7 Å². The number of nitrogens with one attached hydrogen (secondary N) is 1. The van der Waals surface area contributed by atoms with E-state index < -0.39 is 12.0 Å². The Bertz CT molecular complexity index is 946. The summed E-state index contributed by atoms with van der Waals surface area (Å²) in [5.74, 6) is -0.817. The molecule has 1 atom stereocenters. The van der Waals surface area contributed by atoms with E-state index in [0.717, 1.165) is 5.56 Å². The smallest absolute Gasteiger partial charge is 0.329 e. The Hall–Kier alpha value is -2.34. The first-order chi connectivity index (χ1) is 13.5. The van der Waals surface area contributed by atoms with E-state index in [4.69, 9.17) is 27.9 Å². The monoisotopic (exact) mass is 433 g/mol. The predicted octanol–water partition coefficient (Wildman–Crippen LogP) is 5.14. The molecule has 0 bridgehead atoms. The van der Waals surface area contributed by atoms with Gasteiger partial charge in [-0.25, -0.2) is 4.79 Å². The fourth-order valence-electron chi connectivity index (χ4n) is 2.56. The Morgan fingerprint density at radius 3 is 2.43 bits per heavy atom. The highest BCUT2D eigenvalue weighted by Gasteiger charge is 2.24. The Kier molecular flexibility index (Phi) is 7.09. The Morgan fingerprint density at radius 1 is 0.964 bits per heavy atom. The summed E-state index contributed by atoms with van der Waals surface area (Å²) in [4.78, 5) is 25.6. The van der Waals surface area contributed by atoms with Gasteiger partial charge >= 0.3 is 5.97 Å². The van der Waals surface area contributed by atoms with Crippen molar-refractivity contribution < 1.29 is 14.3 Å². The average Bonchev–Trinajstić information content (AvgIpc) is 3.24. The van der Waals surface area contributed by atoms with Crippen LogP contribution >= 0.6 is 34.5 Å². The predicted molar refractivity (Wildman–Crippen MR) is 112 cm³/mol. The van der Waals surface area contributed by atoms with Crippen LogP contribution in [-0.4, -0.2) is 17.9 Å². The van der Waals surface area contributed by atoms with Gasteiger partial charge in [0.2, 0.25) is 0 Å². The molecule has 1 heterocycles. The number of hydrogen-bond acceptors (Lipinski definition) is 4. The van der Waals surface area contributed by atoms with Gasteiger partial charge in [-0.15, -0.1) is 11.3 Å². The van der Waals surface area contributed by atoms with E-state index in [2.05, 4.69) is 5.32 Å². The second-order valence-electron chi connectivity index (χ2n) is 6.05. The van der Waals surface area contributed by atoms with Crippen LogP contribution in [0.1, 0.15) is 20.8 Å². The zero-order valence-corrected chi connectivity index (χ0v) is 17.1. The van der Waals surface area contributed by atoms with Crippen LogP contribution in [-0.2, 0) is 22.6 Å². The van der Waals surface area contributed by atoms with Crippen LogP contribution in [0, 0.1) is 0 Å². The number of rotatable bonds is 7. The van der Waals surface area contributed by atoms with E-state index >= 15 is 0 Å². The Balaban J connectivity index is 1.69. The Labute approximate surface area is 177 Å². The van der Waals surface area contributed by atoms with E-state index in [1.165, 1.54) is 11.3 Å². The molecule has 0 saturated carbocycles. The molecule has 1 aromatic heterocycles. The average molecular weight is 434 g/mol. The number of halogens is 2. The maximum absolute atomic E-state index is 12.7. The van der Waals surface area contributed by atoms with Crippen LogP contribution in [0.3, 0.4) is 0 Å². The molecule has 3 aromatic rings. The minimum Gasteiger partial charge on any atom is -0.459 e. The highest BCUT2D eigenvalue weighted by molar-refractivity contribution is 7.12. The summed E-state index contributed by atoms with van der Waals surface area (Å²) < 4.78 is 5.42. The van der Waals surface area contributed by atoms with Crippen LogP contribution in [0.5, 0.6) is 0 Å². The molecule has 144 valence electrons. The van der Waals surface area contributed by atoms with Crippen LogP contribution in [0.15, 0.2) is 66.0 Å². The van der Waals surface area contributed by atoms with Crippen LogP contribution in [0.2, 0.25) is 10.0 Å². The second kappa shape index (κ2) is 9.73. The van der Waals surface area contributed by atoms with Gasteiger partial charge in [0.05, 0.1) is 14.9 Å². The zero-order chi connectivity index (χ0) is 19.9. The van der Waals surface area contributed by atoms with Crippen molar-refractivity contribution in [3.05, 3.63) is 92.1 Å². The summed E-state index contributed by atoms with van der Waals surface area (Å²) in [5.41, 5.74) is 1.64.